The third-order valence-corrected chi connectivity index (χ3v) is 16.7. The second kappa shape index (κ2) is 16.3. The Bertz CT molecular complexity index is 4220. The average molecular weight is 967 g/mol. The van der Waals surface area contributed by atoms with Crippen LogP contribution in [0.5, 0.6) is 0 Å². The highest BCUT2D eigenvalue weighted by Gasteiger charge is 2.49. The predicted molar refractivity (Wildman–Crippen MR) is 311 cm³/mol. The Morgan fingerprint density at radius 3 is 0.947 bits per heavy atom. The zero-order valence-electron chi connectivity index (χ0n) is 41.3. The van der Waals surface area contributed by atoms with Crippen LogP contribution in [0.25, 0.3) is 88.9 Å². The summed E-state index contributed by atoms with van der Waals surface area (Å²) in [5.74, 6) is 0. The molecule has 0 atom stereocenters. The third-order valence-electron chi connectivity index (χ3n) is 16.7. The first-order valence-corrected chi connectivity index (χ1v) is 26.2. The van der Waals surface area contributed by atoms with Crippen LogP contribution >= 0.6 is 0 Å². The van der Waals surface area contributed by atoms with Crippen molar-refractivity contribution in [3.63, 3.8) is 0 Å². The lowest BCUT2D eigenvalue weighted by molar-refractivity contribution is 0.767. The lowest BCUT2D eigenvalue weighted by Crippen LogP contribution is -2.28. The monoisotopic (exact) mass is 966 g/mol. The maximum Gasteiger partial charge on any atom is 0.0971 e. The summed E-state index contributed by atoms with van der Waals surface area (Å²) in [5.41, 5.74) is 24.0. The van der Waals surface area contributed by atoms with Crippen LogP contribution in [0.15, 0.2) is 279 Å². The minimum absolute atomic E-state index is 0.552. The summed E-state index contributed by atoms with van der Waals surface area (Å²) in [6.07, 6.45) is 0. The SMILES string of the molecule is c1ccc(C2(c3ccccc3)c3ccccc3-c3nc4c5ccccc5n(-c5ccc(-c6ccc(-n7c8ccccc8c8nc9c(cc87)C(c7ccccc7)(c7ccccc7)c7ccccc7-9)cc6)cc5)c4cc32)cc1. The summed E-state index contributed by atoms with van der Waals surface area (Å²) < 4.78 is 4.81. The van der Waals surface area contributed by atoms with Gasteiger partial charge in [-0.3, -0.25) is 0 Å². The molecule has 2 aliphatic rings. The molecule has 76 heavy (non-hydrogen) atoms. The minimum atomic E-state index is -0.552. The summed E-state index contributed by atoms with van der Waals surface area (Å²) in [4.78, 5) is 11.4. The van der Waals surface area contributed by atoms with Crippen molar-refractivity contribution in [1.29, 1.82) is 0 Å². The molecule has 10 aromatic carbocycles. The normalized spacial score (nSPS) is 13.7. The first-order valence-electron chi connectivity index (χ1n) is 26.2. The molecule has 4 aromatic heterocycles. The highest BCUT2D eigenvalue weighted by Crippen LogP contribution is 2.58. The topological polar surface area (TPSA) is 35.6 Å². The van der Waals surface area contributed by atoms with Crippen molar-refractivity contribution in [3.05, 3.63) is 324 Å². The fourth-order valence-electron chi connectivity index (χ4n) is 13.5. The fraction of sp³-hybridized carbons (Fsp3) is 0.0278. The first kappa shape index (κ1) is 42.6. The number of hydrogen-bond acceptors (Lipinski definition) is 2. The van der Waals surface area contributed by atoms with Gasteiger partial charge < -0.3 is 9.13 Å². The van der Waals surface area contributed by atoms with Gasteiger partial charge in [-0.15, -0.1) is 0 Å². The molecule has 0 unspecified atom stereocenters. The lowest BCUT2D eigenvalue weighted by atomic mass is 9.68. The van der Waals surface area contributed by atoms with Crippen LogP contribution < -0.4 is 0 Å². The molecule has 0 aliphatic heterocycles. The number of para-hydroxylation sites is 2. The molecule has 0 saturated heterocycles. The van der Waals surface area contributed by atoms with Gasteiger partial charge >= 0.3 is 0 Å². The molecule has 0 saturated carbocycles. The van der Waals surface area contributed by atoms with E-state index in [1.807, 2.05) is 0 Å². The summed E-state index contributed by atoms with van der Waals surface area (Å²) in [6.45, 7) is 0. The van der Waals surface area contributed by atoms with Crippen LogP contribution in [0.2, 0.25) is 0 Å². The molecule has 0 N–H and O–H groups in total. The van der Waals surface area contributed by atoms with Gasteiger partial charge in [0.05, 0.1) is 55.3 Å². The van der Waals surface area contributed by atoms with Crippen molar-refractivity contribution >= 4 is 43.9 Å². The molecule has 0 radical (unpaired) electrons. The van der Waals surface area contributed by atoms with Gasteiger partial charge in [-0.05, 0) is 93.0 Å². The van der Waals surface area contributed by atoms with E-state index in [0.717, 1.165) is 77.8 Å². The molecule has 2 aliphatic carbocycles. The molecule has 0 amide bonds. The molecular weight excluding hydrogens is 921 g/mol. The Labute approximate surface area is 440 Å². The molecule has 0 fully saturated rings. The second-order valence-corrected chi connectivity index (χ2v) is 20.4. The van der Waals surface area contributed by atoms with Gasteiger partial charge in [0, 0.05) is 44.4 Å². The van der Waals surface area contributed by atoms with Gasteiger partial charge in [-0.25, -0.2) is 9.97 Å². The summed E-state index contributed by atoms with van der Waals surface area (Å²) >= 11 is 0. The number of benzene rings is 10. The standard InChI is InChI=1S/C72H46N4/c1-5-21-49(22-6-1)71(50-23-7-2-8-24-50)59-33-17-13-29-55(59)67-61(71)45-65-69(73-67)57-31-15-19-35-63(57)75(65)53-41-37-47(38-42-53)48-39-43-54(44-40-48)76-64-36-20-16-32-58(64)70-66(76)46-62-68(74-70)56-30-14-18-34-60(56)72(62,51-25-9-3-10-26-51)52-27-11-4-12-28-52/h1-46H. The van der Waals surface area contributed by atoms with Crippen molar-refractivity contribution in [3.8, 4) is 45.0 Å². The predicted octanol–water partition coefficient (Wildman–Crippen LogP) is 17.1. The fourth-order valence-corrected chi connectivity index (χ4v) is 13.5. The molecule has 4 heterocycles. The van der Waals surface area contributed by atoms with Gasteiger partial charge in [-0.2, -0.15) is 0 Å². The third kappa shape index (κ3) is 5.78. The minimum Gasteiger partial charge on any atom is -0.308 e. The van der Waals surface area contributed by atoms with Crippen molar-refractivity contribution < 1.29 is 0 Å². The highest BCUT2D eigenvalue weighted by atomic mass is 15.0. The molecular formula is C72H46N4. The van der Waals surface area contributed by atoms with Crippen LogP contribution in [0, 0.1) is 0 Å². The van der Waals surface area contributed by atoms with Gasteiger partial charge in [0.25, 0.3) is 0 Å². The Morgan fingerprint density at radius 2 is 0.579 bits per heavy atom. The Hall–Kier alpha value is -9.90. The quantitative estimate of drug-likeness (QED) is 0.160. The molecule has 4 heteroatoms. The molecule has 0 spiro atoms. The van der Waals surface area contributed by atoms with E-state index in [4.69, 9.17) is 9.97 Å². The van der Waals surface area contributed by atoms with Crippen LogP contribution in [-0.4, -0.2) is 19.1 Å². The summed E-state index contributed by atoms with van der Waals surface area (Å²) in [5, 5.41) is 2.27. The van der Waals surface area contributed by atoms with E-state index in [1.54, 1.807) is 0 Å². The van der Waals surface area contributed by atoms with Gasteiger partial charge in [-0.1, -0.05) is 231 Å². The van der Waals surface area contributed by atoms with E-state index in [-0.39, 0.29) is 0 Å². The molecule has 0 bridgehead atoms. The number of nitrogens with zero attached hydrogens (tertiary/aromatic N) is 4. The Kier molecular flexibility index (Phi) is 9.13. The van der Waals surface area contributed by atoms with Crippen molar-refractivity contribution in [1.82, 2.24) is 19.1 Å². The Morgan fingerprint density at radius 1 is 0.263 bits per heavy atom. The van der Waals surface area contributed by atoms with Gasteiger partial charge in [0.1, 0.15) is 0 Å². The molecule has 16 rings (SSSR count). The zero-order chi connectivity index (χ0) is 50.0. The maximum absolute atomic E-state index is 5.68. The maximum atomic E-state index is 5.68. The summed E-state index contributed by atoms with van der Waals surface area (Å²) in [6, 6.07) is 102. The average Bonchev–Trinajstić information content (AvgIpc) is 4.37. The van der Waals surface area contributed by atoms with E-state index in [9.17, 15) is 0 Å². The number of rotatable bonds is 7. The Balaban J connectivity index is 0.827. The van der Waals surface area contributed by atoms with Crippen LogP contribution in [-0.2, 0) is 10.8 Å². The smallest absolute Gasteiger partial charge is 0.0971 e. The van der Waals surface area contributed by atoms with E-state index >= 15 is 0 Å². The van der Waals surface area contributed by atoms with E-state index < -0.39 is 10.8 Å². The largest absolute Gasteiger partial charge is 0.308 e. The lowest BCUT2D eigenvalue weighted by Gasteiger charge is -2.33. The van der Waals surface area contributed by atoms with E-state index in [1.165, 1.54) is 55.6 Å². The second-order valence-electron chi connectivity index (χ2n) is 20.4. The zero-order valence-corrected chi connectivity index (χ0v) is 41.3. The summed E-state index contributed by atoms with van der Waals surface area (Å²) in [7, 11) is 0. The van der Waals surface area contributed by atoms with Crippen LogP contribution in [0.3, 0.4) is 0 Å². The highest BCUT2D eigenvalue weighted by molar-refractivity contribution is 6.10. The van der Waals surface area contributed by atoms with Crippen LogP contribution in [0.4, 0.5) is 0 Å². The molecule has 4 nitrogen and oxygen atoms in total. The van der Waals surface area contributed by atoms with Crippen molar-refractivity contribution in [2.45, 2.75) is 10.8 Å². The van der Waals surface area contributed by atoms with Gasteiger partial charge in [0.2, 0.25) is 0 Å². The molecule has 14 aromatic rings. The molecule has 354 valence electrons. The van der Waals surface area contributed by atoms with Crippen molar-refractivity contribution in [2.75, 3.05) is 0 Å². The first-order chi connectivity index (χ1) is 37.7. The van der Waals surface area contributed by atoms with Gasteiger partial charge in [0.15, 0.2) is 0 Å². The number of aromatic nitrogens is 4. The number of pyridine rings is 2. The van der Waals surface area contributed by atoms with Crippen molar-refractivity contribution in [2.24, 2.45) is 0 Å². The van der Waals surface area contributed by atoms with Crippen LogP contribution in [0.1, 0.15) is 44.5 Å². The van der Waals surface area contributed by atoms with E-state index in [2.05, 4.69) is 288 Å². The number of fused-ring (bicyclic) bond motifs is 12. The van der Waals surface area contributed by atoms with E-state index in [0.29, 0.717) is 0 Å². The number of hydrogen-bond donors (Lipinski definition) is 0.